The Balaban J connectivity index is 2.15. The third-order valence-corrected chi connectivity index (χ3v) is 2.65. The Kier molecular flexibility index (Phi) is 3.54. The van der Waals surface area contributed by atoms with Crippen molar-refractivity contribution in [2.75, 3.05) is 5.32 Å². The molecule has 0 radical (unpaired) electrons. The van der Waals surface area contributed by atoms with Gasteiger partial charge in [0, 0.05) is 6.20 Å². The van der Waals surface area contributed by atoms with E-state index in [-0.39, 0.29) is 17.7 Å². The highest BCUT2D eigenvalue weighted by Crippen LogP contribution is 2.19. The van der Waals surface area contributed by atoms with Gasteiger partial charge in [-0.25, -0.2) is 9.37 Å². The second-order valence-electron chi connectivity index (χ2n) is 3.93. The molecular weight excluding hydrogens is 229 g/mol. The van der Waals surface area contributed by atoms with Crippen LogP contribution in [0.1, 0.15) is 24.1 Å². The number of anilines is 1. The maximum Gasteiger partial charge on any atom is 0.165 e. The van der Waals surface area contributed by atoms with E-state index in [0.29, 0.717) is 5.56 Å². The standard InChI is InChI=1S/C14H12FN3/c1-10(12-6-4-11(9-16)5-7-12)18-14-13(15)3-2-8-17-14/h2-8,10H,1H3,(H,17,18). The third kappa shape index (κ3) is 2.64. The molecule has 0 saturated heterocycles. The van der Waals surface area contributed by atoms with E-state index in [2.05, 4.69) is 16.4 Å². The summed E-state index contributed by atoms with van der Waals surface area (Å²) < 4.78 is 13.4. The van der Waals surface area contributed by atoms with E-state index < -0.39 is 0 Å². The molecule has 0 bridgehead atoms. The summed E-state index contributed by atoms with van der Waals surface area (Å²) in [6, 6.07) is 12.1. The van der Waals surface area contributed by atoms with Crippen LogP contribution in [0, 0.1) is 17.1 Å². The van der Waals surface area contributed by atoms with Crippen molar-refractivity contribution in [1.29, 1.82) is 5.26 Å². The first kappa shape index (κ1) is 12.1. The molecule has 1 unspecified atom stereocenters. The number of nitrogens with zero attached hydrogens (tertiary/aromatic N) is 2. The monoisotopic (exact) mass is 241 g/mol. The Bertz CT molecular complexity index is 572. The van der Waals surface area contributed by atoms with Gasteiger partial charge in [-0.3, -0.25) is 0 Å². The minimum Gasteiger partial charge on any atom is -0.361 e. The Morgan fingerprint density at radius 3 is 2.61 bits per heavy atom. The number of nitrogens with one attached hydrogen (secondary N) is 1. The van der Waals surface area contributed by atoms with Gasteiger partial charge in [-0.1, -0.05) is 12.1 Å². The molecule has 1 atom stereocenters. The van der Waals surface area contributed by atoms with Gasteiger partial charge in [0.05, 0.1) is 17.7 Å². The lowest BCUT2D eigenvalue weighted by Crippen LogP contribution is -2.09. The van der Waals surface area contributed by atoms with E-state index >= 15 is 0 Å². The molecular formula is C14H12FN3. The fourth-order valence-electron chi connectivity index (χ4n) is 1.63. The van der Waals surface area contributed by atoms with E-state index in [1.807, 2.05) is 19.1 Å². The summed E-state index contributed by atoms with van der Waals surface area (Å²) in [6.45, 7) is 1.91. The Morgan fingerprint density at radius 2 is 2.00 bits per heavy atom. The van der Waals surface area contributed by atoms with Crippen LogP contribution in [0.5, 0.6) is 0 Å². The van der Waals surface area contributed by atoms with Crippen molar-refractivity contribution in [3.8, 4) is 6.07 Å². The number of halogens is 1. The van der Waals surface area contributed by atoms with Gasteiger partial charge in [-0.05, 0) is 36.8 Å². The van der Waals surface area contributed by atoms with Gasteiger partial charge in [-0.15, -0.1) is 0 Å². The lowest BCUT2D eigenvalue weighted by Gasteiger charge is -2.15. The predicted octanol–water partition coefficient (Wildman–Crippen LogP) is 3.27. The summed E-state index contributed by atoms with van der Waals surface area (Å²) in [5, 5.41) is 11.7. The number of hydrogen-bond acceptors (Lipinski definition) is 3. The largest absolute Gasteiger partial charge is 0.361 e. The summed E-state index contributed by atoms with van der Waals surface area (Å²) in [7, 11) is 0. The Hall–Kier alpha value is -2.41. The number of aromatic nitrogens is 1. The number of nitriles is 1. The minimum atomic E-state index is -0.377. The van der Waals surface area contributed by atoms with Crippen molar-refractivity contribution in [2.24, 2.45) is 0 Å². The first-order valence-electron chi connectivity index (χ1n) is 5.58. The summed E-state index contributed by atoms with van der Waals surface area (Å²) in [6.07, 6.45) is 1.54. The third-order valence-electron chi connectivity index (χ3n) is 2.65. The van der Waals surface area contributed by atoms with Crippen LogP contribution in [-0.2, 0) is 0 Å². The summed E-state index contributed by atoms with van der Waals surface area (Å²) in [4.78, 5) is 3.94. The number of hydrogen-bond donors (Lipinski definition) is 1. The SMILES string of the molecule is CC(Nc1ncccc1F)c1ccc(C#N)cc1. The Morgan fingerprint density at radius 1 is 1.28 bits per heavy atom. The molecule has 2 aromatic rings. The first-order chi connectivity index (χ1) is 8.70. The molecule has 1 aromatic carbocycles. The second-order valence-corrected chi connectivity index (χ2v) is 3.93. The van der Waals surface area contributed by atoms with Gasteiger partial charge < -0.3 is 5.32 Å². The maximum absolute atomic E-state index is 13.4. The van der Waals surface area contributed by atoms with Crippen LogP contribution >= 0.6 is 0 Å². The summed E-state index contributed by atoms with van der Waals surface area (Å²) in [5.74, 6) is -0.146. The molecule has 4 heteroatoms. The zero-order chi connectivity index (χ0) is 13.0. The van der Waals surface area contributed by atoms with E-state index in [1.54, 1.807) is 18.2 Å². The quantitative estimate of drug-likeness (QED) is 0.897. The maximum atomic E-state index is 13.4. The molecule has 1 aromatic heterocycles. The predicted molar refractivity (Wildman–Crippen MR) is 67.4 cm³/mol. The smallest absolute Gasteiger partial charge is 0.165 e. The zero-order valence-corrected chi connectivity index (χ0v) is 9.89. The van der Waals surface area contributed by atoms with Crippen LogP contribution in [-0.4, -0.2) is 4.98 Å². The van der Waals surface area contributed by atoms with Crippen molar-refractivity contribution in [3.63, 3.8) is 0 Å². The molecule has 1 heterocycles. The van der Waals surface area contributed by atoms with Gasteiger partial charge >= 0.3 is 0 Å². The molecule has 2 rings (SSSR count). The molecule has 18 heavy (non-hydrogen) atoms. The minimum absolute atomic E-state index is 0.0813. The van der Waals surface area contributed by atoms with Crippen LogP contribution in [0.4, 0.5) is 10.2 Å². The number of benzene rings is 1. The van der Waals surface area contributed by atoms with Gasteiger partial charge in [0.2, 0.25) is 0 Å². The number of pyridine rings is 1. The normalized spacial score (nSPS) is 11.6. The van der Waals surface area contributed by atoms with Crippen LogP contribution in [0.25, 0.3) is 0 Å². The molecule has 0 aliphatic heterocycles. The van der Waals surface area contributed by atoms with E-state index in [0.717, 1.165) is 5.56 Å². The average Bonchev–Trinajstić information content (AvgIpc) is 2.41. The van der Waals surface area contributed by atoms with E-state index in [9.17, 15) is 4.39 Å². The van der Waals surface area contributed by atoms with Crippen LogP contribution in [0.2, 0.25) is 0 Å². The lowest BCUT2D eigenvalue weighted by atomic mass is 10.1. The average molecular weight is 241 g/mol. The fraction of sp³-hybridized carbons (Fsp3) is 0.143. The van der Waals surface area contributed by atoms with Crippen LogP contribution in [0.15, 0.2) is 42.6 Å². The molecule has 0 saturated carbocycles. The van der Waals surface area contributed by atoms with Gasteiger partial charge in [0.15, 0.2) is 11.6 Å². The number of rotatable bonds is 3. The second kappa shape index (κ2) is 5.28. The zero-order valence-electron chi connectivity index (χ0n) is 9.89. The van der Waals surface area contributed by atoms with E-state index in [4.69, 9.17) is 5.26 Å². The van der Waals surface area contributed by atoms with Gasteiger partial charge in [-0.2, -0.15) is 5.26 Å². The molecule has 0 fully saturated rings. The fourth-order valence-corrected chi connectivity index (χ4v) is 1.63. The first-order valence-corrected chi connectivity index (χ1v) is 5.58. The van der Waals surface area contributed by atoms with Crippen LogP contribution < -0.4 is 5.32 Å². The van der Waals surface area contributed by atoms with Crippen molar-refractivity contribution >= 4 is 5.82 Å². The molecule has 90 valence electrons. The topological polar surface area (TPSA) is 48.7 Å². The van der Waals surface area contributed by atoms with E-state index in [1.165, 1.54) is 12.3 Å². The van der Waals surface area contributed by atoms with Gasteiger partial charge in [0.1, 0.15) is 0 Å². The Labute approximate surface area is 105 Å². The van der Waals surface area contributed by atoms with Crippen LogP contribution in [0.3, 0.4) is 0 Å². The van der Waals surface area contributed by atoms with Crippen molar-refractivity contribution in [2.45, 2.75) is 13.0 Å². The van der Waals surface area contributed by atoms with Gasteiger partial charge in [0.25, 0.3) is 0 Å². The highest BCUT2D eigenvalue weighted by atomic mass is 19.1. The highest BCUT2D eigenvalue weighted by Gasteiger charge is 2.08. The summed E-state index contributed by atoms with van der Waals surface area (Å²) >= 11 is 0. The molecule has 0 amide bonds. The lowest BCUT2D eigenvalue weighted by molar-refractivity contribution is 0.621. The van der Waals surface area contributed by atoms with Crippen molar-refractivity contribution < 1.29 is 4.39 Å². The molecule has 0 spiro atoms. The molecule has 0 aliphatic carbocycles. The van der Waals surface area contributed by atoms with Crippen molar-refractivity contribution in [3.05, 3.63) is 59.5 Å². The van der Waals surface area contributed by atoms with Crippen molar-refractivity contribution in [1.82, 2.24) is 4.98 Å². The summed E-state index contributed by atoms with van der Waals surface area (Å²) in [5.41, 5.74) is 1.58. The molecule has 0 aliphatic rings. The molecule has 3 nitrogen and oxygen atoms in total. The highest BCUT2D eigenvalue weighted by molar-refractivity contribution is 5.40. The molecule has 1 N–H and O–H groups in total.